The maximum atomic E-state index is 5.69. The van der Waals surface area contributed by atoms with Crippen LogP contribution in [0.15, 0.2) is 18.2 Å². The van der Waals surface area contributed by atoms with Crippen molar-refractivity contribution >= 4 is 0 Å². The van der Waals surface area contributed by atoms with Crippen LogP contribution >= 0.6 is 0 Å². The standard InChI is InChI=1S/C15H26N2O/c1-5-12(2)10-17(3)11-14-8-13(9-16)6-7-15(14)18-4/h6-8,12H,5,9-11,16H2,1-4H3. The van der Waals surface area contributed by atoms with Crippen molar-refractivity contribution in [3.05, 3.63) is 29.3 Å². The first-order valence-electron chi connectivity index (χ1n) is 6.65. The first-order chi connectivity index (χ1) is 8.60. The maximum absolute atomic E-state index is 5.69. The Kier molecular flexibility index (Phi) is 6.16. The summed E-state index contributed by atoms with van der Waals surface area (Å²) in [7, 11) is 3.87. The van der Waals surface area contributed by atoms with Crippen LogP contribution in [-0.4, -0.2) is 25.6 Å². The highest BCUT2D eigenvalue weighted by atomic mass is 16.5. The van der Waals surface area contributed by atoms with E-state index in [1.807, 2.05) is 12.1 Å². The molecule has 0 spiro atoms. The quantitative estimate of drug-likeness (QED) is 0.808. The first kappa shape index (κ1) is 15.0. The molecule has 0 fully saturated rings. The summed E-state index contributed by atoms with van der Waals surface area (Å²) in [6.07, 6.45) is 1.21. The lowest BCUT2D eigenvalue weighted by Crippen LogP contribution is -2.24. The van der Waals surface area contributed by atoms with E-state index in [9.17, 15) is 0 Å². The van der Waals surface area contributed by atoms with E-state index < -0.39 is 0 Å². The Balaban J connectivity index is 2.75. The highest BCUT2D eigenvalue weighted by Gasteiger charge is 2.09. The smallest absolute Gasteiger partial charge is 0.123 e. The fourth-order valence-electron chi connectivity index (χ4n) is 2.10. The van der Waals surface area contributed by atoms with E-state index in [1.54, 1.807) is 7.11 Å². The van der Waals surface area contributed by atoms with E-state index in [2.05, 4.69) is 31.9 Å². The predicted octanol–water partition coefficient (Wildman–Crippen LogP) is 2.63. The predicted molar refractivity (Wildman–Crippen MR) is 76.7 cm³/mol. The molecule has 0 aliphatic heterocycles. The first-order valence-corrected chi connectivity index (χ1v) is 6.65. The second-order valence-corrected chi connectivity index (χ2v) is 5.06. The molecule has 0 aliphatic rings. The number of nitrogens with two attached hydrogens (primary N) is 1. The SMILES string of the molecule is CCC(C)CN(C)Cc1cc(CN)ccc1OC. The monoisotopic (exact) mass is 250 g/mol. The van der Waals surface area contributed by atoms with Crippen molar-refractivity contribution in [1.82, 2.24) is 4.90 Å². The molecule has 1 rings (SSSR count). The molecular weight excluding hydrogens is 224 g/mol. The Morgan fingerprint density at radius 1 is 1.39 bits per heavy atom. The van der Waals surface area contributed by atoms with Crippen molar-refractivity contribution in [3.8, 4) is 5.75 Å². The van der Waals surface area contributed by atoms with Crippen LogP contribution in [0.25, 0.3) is 0 Å². The van der Waals surface area contributed by atoms with Crippen molar-refractivity contribution in [2.45, 2.75) is 33.4 Å². The largest absolute Gasteiger partial charge is 0.496 e. The number of hydrogen-bond donors (Lipinski definition) is 1. The van der Waals surface area contributed by atoms with Gasteiger partial charge < -0.3 is 15.4 Å². The third kappa shape index (κ3) is 4.31. The Bertz CT molecular complexity index is 366. The van der Waals surface area contributed by atoms with Crippen LogP contribution in [-0.2, 0) is 13.1 Å². The van der Waals surface area contributed by atoms with Crippen LogP contribution in [0, 0.1) is 5.92 Å². The summed E-state index contributed by atoms with van der Waals surface area (Å²) in [6.45, 7) is 7.10. The molecule has 1 unspecified atom stereocenters. The summed E-state index contributed by atoms with van der Waals surface area (Å²) < 4.78 is 5.41. The van der Waals surface area contributed by atoms with Crippen molar-refractivity contribution in [1.29, 1.82) is 0 Å². The molecule has 0 saturated heterocycles. The molecule has 1 aromatic rings. The molecule has 0 aliphatic carbocycles. The fourth-order valence-corrected chi connectivity index (χ4v) is 2.10. The molecular formula is C15H26N2O. The van der Waals surface area contributed by atoms with Gasteiger partial charge in [0.15, 0.2) is 0 Å². The second-order valence-electron chi connectivity index (χ2n) is 5.06. The van der Waals surface area contributed by atoms with Crippen molar-refractivity contribution < 1.29 is 4.74 Å². The Morgan fingerprint density at radius 2 is 2.11 bits per heavy atom. The van der Waals surface area contributed by atoms with Gasteiger partial charge >= 0.3 is 0 Å². The third-order valence-electron chi connectivity index (χ3n) is 3.34. The summed E-state index contributed by atoms with van der Waals surface area (Å²) in [6, 6.07) is 6.18. The molecule has 0 heterocycles. The topological polar surface area (TPSA) is 38.5 Å². The van der Waals surface area contributed by atoms with Gasteiger partial charge in [0.1, 0.15) is 5.75 Å². The van der Waals surface area contributed by atoms with Gasteiger partial charge in [-0.25, -0.2) is 0 Å². The number of hydrogen-bond acceptors (Lipinski definition) is 3. The molecule has 0 radical (unpaired) electrons. The van der Waals surface area contributed by atoms with Gasteiger partial charge in [0, 0.05) is 25.2 Å². The van der Waals surface area contributed by atoms with Gasteiger partial charge in [0.2, 0.25) is 0 Å². The van der Waals surface area contributed by atoms with Crippen LogP contribution in [0.2, 0.25) is 0 Å². The summed E-state index contributed by atoms with van der Waals surface area (Å²) in [5.74, 6) is 1.67. The number of methoxy groups -OCH3 is 1. The number of benzene rings is 1. The van der Waals surface area contributed by atoms with Crippen LogP contribution in [0.5, 0.6) is 5.75 Å². The number of ether oxygens (including phenoxy) is 1. The molecule has 18 heavy (non-hydrogen) atoms. The minimum Gasteiger partial charge on any atom is -0.496 e. The molecule has 0 bridgehead atoms. The Hall–Kier alpha value is -1.06. The lowest BCUT2D eigenvalue weighted by molar-refractivity contribution is 0.270. The van der Waals surface area contributed by atoms with E-state index in [4.69, 9.17) is 10.5 Å². The highest BCUT2D eigenvalue weighted by molar-refractivity contribution is 5.37. The van der Waals surface area contributed by atoms with E-state index >= 15 is 0 Å². The number of rotatable bonds is 7. The van der Waals surface area contributed by atoms with E-state index in [1.165, 1.54) is 12.0 Å². The van der Waals surface area contributed by atoms with Gasteiger partial charge in [-0.1, -0.05) is 26.3 Å². The van der Waals surface area contributed by atoms with E-state index in [-0.39, 0.29) is 0 Å². The zero-order valence-corrected chi connectivity index (χ0v) is 12.1. The molecule has 102 valence electrons. The maximum Gasteiger partial charge on any atom is 0.123 e. The summed E-state index contributed by atoms with van der Waals surface area (Å²) in [5, 5.41) is 0. The molecule has 0 saturated carbocycles. The Labute approximate surface area is 111 Å². The number of nitrogens with zero attached hydrogens (tertiary/aromatic N) is 1. The summed E-state index contributed by atoms with van der Waals surface area (Å²) in [5.41, 5.74) is 8.06. The average Bonchev–Trinajstić information content (AvgIpc) is 2.38. The van der Waals surface area contributed by atoms with Gasteiger partial charge in [0.05, 0.1) is 7.11 Å². The zero-order valence-electron chi connectivity index (χ0n) is 12.1. The van der Waals surface area contributed by atoms with Gasteiger partial charge in [-0.3, -0.25) is 0 Å². The fraction of sp³-hybridized carbons (Fsp3) is 0.600. The molecule has 3 heteroatoms. The molecule has 1 atom stereocenters. The van der Waals surface area contributed by atoms with Gasteiger partial charge in [-0.05, 0) is 30.7 Å². The van der Waals surface area contributed by atoms with Crippen LogP contribution in [0.1, 0.15) is 31.4 Å². The van der Waals surface area contributed by atoms with Gasteiger partial charge in [0.25, 0.3) is 0 Å². The molecule has 1 aromatic carbocycles. The highest BCUT2D eigenvalue weighted by Crippen LogP contribution is 2.21. The minimum absolute atomic E-state index is 0.575. The molecule has 0 aromatic heterocycles. The van der Waals surface area contributed by atoms with Crippen LogP contribution in [0.3, 0.4) is 0 Å². The summed E-state index contributed by atoms with van der Waals surface area (Å²) in [4.78, 5) is 2.34. The van der Waals surface area contributed by atoms with Gasteiger partial charge in [-0.15, -0.1) is 0 Å². The van der Waals surface area contributed by atoms with Gasteiger partial charge in [-0.2, -0.15) is 0 Å². The normalized spacial score (nSPS) is 12.8. The second kappa shape index (κ2) is 7.39. The van der Waals surface area contributed by atoms with E-state index in [0.29, 0.717) is 6.54 Å². The lowest BCUT2D eigenvalue weighted by atomic mass is 10.1. The average molecular weight is 250 g/mol. The molecule has 0 amide bonds. The van der Waals surface area contributed by atoms with Crippen LogP contribution < -0.4 is 10.5 Å². The van der Waals surface area contributed by atoms with Crippen LogP contribution in [0.4, 0.5) is 0 Å². The summed E-state index contributed by atoms with van der Waals surface area (Å²) >= 11 is 0. The van der Waals surface area contributed by atoms with E-state index in [0.717, 1.165) is 30.3 Å². The van der Waals surface area contributed by atoms with Crippen molar-refractivity contribution in [3.63, 3.8) is 0 Å². The minimum atomic E-state index is 0.575. The van der Waals surface area contributed by atoms with Crippen molar-refractivity contribution in [2.75, 3.05) is 20.7 Å². The third-order valence-corrected chi connectivity index (χ3v) is 3.34. The van der Waals surface area contributed by atoms with Crippen molar-refractivity contribution in [2.24, 2.45) is 11.7 Å². The molecule has 2 N–H and O–H groups in total. The Morgan fingerprint density at radius 3 is 2.67 bits per heavy atom. The molecule has 3 nitrogen and oxygen atoms in total. The zero-order chi connectivity index (χ0) is 13.5. The lowest BCUT2D eigenvalue weighted by Gasteiger charge is -2.22.